The van der Waals surface area contributed by atoms with Gasteiger partial charge in [0.1, 0.15) is 11.6 Å². The second kappa shape index (κ2) is 11.2. The van der Waals surface area contributed by atoms with Crippen LogP contribution in [0.1, 0.15) is 58.8 Å². The minimum atomic E-state index is -1.12. The van der Waals surface area contributed by atoms with Crippen molar-refractivity contribution in [3.8, 4) is 0 Å². The molecule has 8 heteroatoms. The van der Waals surface area contributed by atoms with Gasteiger partial charge >= 0.3 is 0 Å². The first-order valence-corrected chi connectivity index (χ1v) is 13.5. The number of carbonyl (C=O) groups is 3. The highest BCUT2D eigenvalue weighted by atomic mass is 16.5. The molecule has 1 N–H and O–H groups in total. The lowest BCUT2D eigenvalue weighted by Gasteiger charge is -2.35. The molecular formula is C27H41N3O5. The highest BCUT2D eigenvalue weighted by Gasteiger charge is 2.71. The van der Waals surface area contributed by atoms with Crippen LogP contribution in [0.2, 0.25) is 0 Å². The molecule has 0 aromatic rings. The monoisotopic (exact) mass is 487 g/mol. The lowest BCUT2D eigenvalue weighted by Crippen LogP contribution is -2.55. The summed E-state index contributed by atoms with van der Waals surface area (Å²) in [4.78, 5) is 47.0. The second-order valence-corrected chi connectivity index (χ2v) is 10.3. The number of nitrogens with zero attached hydrogens (tertiary/aromatic N) is 3. The molecule has 4 rings (SSSR count). The maximum Gasteiger partial charge on any atom is 0.249 e. The lowest BCUT2D eigenvalue weighted by molar-refractivity contribution is -0.148. The van der Waals surface area contributed by atoms with Gasteiger partial charge in [-0.15, -0.1) is 0 Å². The molecule has 1 unspecified atom stereocenters. The zero-order chi connectivity index (χ0) is 25.0. The van der Waals surface area contributed by atoms with E-state index >= 15 is 0 Å². The first kappa shape index (κ1) is 25.9. The van der Waals surface area contributed by atoms with E-state index in [9.17, 15) is 14.4 Å². The van der Waals surface area contributed by atoms with Crippen molar-refractivity contribution in [3.05, 3.63) is 24.3 Å². The molecule has 5 atom stereocenters. The normalized spacial score (nSPS) is 32.1. The number of unbranched alkanes of at least 4 members (excludes halogenated alkanes) is 4. The smallest absolute Gasteiger partial charge is 0.249 e. The molecule has 4 heterocycles. The summed E-state index contributed by atoms with van der Waals surface area (Å²) in [6.07, 6.45) is 13.2. The van der Waals surface area contributed by atoms with Crippen LogP contribution in [-0.4, -0.2) is 94.6 Å². The number of aliphatic hydroxyl groups excluding tert-OH is 1. The van der Waals surface area contributed by atoms with Crippen molar-refractivity contribution in [2.45, 2.75) is 76.5 Å². The number of hydrogen-bond donors (Lipinski definition) is 1. The van der Waals surface area contributed by atoms with Gasteiger partial charge in [-0.05, 0) is 25.7 Å². The van der Waals surface area contributed by atoms with Crippen LogP contribution in [0.5, 0.6) is 0 Å². The predicted molar refractivity (Wildman–Crippen MR) is 132 cm³/mol. The number of carbonyl (C=O) groups excluding carboxylic acids is 3. The third-order valence-corrected chi connectivity index (χ3v) is 7.91. The van der Waals surface area contributed by atoms with Crippen LogP contribution in [0.3, 0.4) is 0 Å². The fourth-order valence-electron chi connectivity index (χ4n) is 6.24. The highest BCUT2D eigenvalue weighted by molar-refractivity contribution is 5.99. The van der Waals surface area contributed by atoms with Gasteiger partial charge in [-0.3, -0.25) is 14.4 Å². The van der Waals surface area contributed by atoms with Crippen LogP contribution in [0.15, 0.2) is 24.3 Å². The van der Waals surface area contributed by atoms with E-state index in [4.69, 9.17) is 9.84 Å². The Hall–Kier alpha value is -2.19. The van der Waals surface area contributed by atoms with Gasteiger partial charge in [0.15, 0.2) is 0 Å². The van der Waals surface area contributed by atoms with Gasteiger partial charge in [0, 0.05) is 39.3 Å². The van der Waals surface area contributed by atoms with E-state index in [1.165, 1.54) is 0 Å². The van der Waals surface area contributed by atoms with Crippen LogP contribution >= 0.6 is 0 Å². The molecule has 35 heavy (non-hydrogen) atoms. The third-order valence-electron chi connectivity index (χ3n) is 7.91. The lowest BCUT2D eigenvalue weighted by atomic mass is 9.77. The Morgan fingerprint density at radius 1 is 0.886 bits per heavy atom. The Kier molecular flexibility index (Phi) is 8.32. The number of ether oxygens (including phenoxy) is 1. The summed E-state index contributed by atoms with van der Waals surface area (Å²) in [6.45, 7) is 7.05. The Labute approximate surface area is 208 Å². The Balaban J connectivity index is 1.68. The fourth-order valence-corrected chi connectivity index (χ4v) is 6.24. The summed E-state index contributed by atoms with van der Waals surface area (Å²) < 4.78 is 6.64. The van der Waals surface area contributed by atoms with Crippen molar-refractivity contribution in [2.24, 2.45) is 11.8 Å². The van der Waals surface area contributed by atoms with Gasteiger partial charge in [-0.1, -0.05) is 57.4 Å². The number of fused-ring (bicyclic) bond motifs is 2. The molecule has 1 spiro atoms. The average Bonchev–Trinajstić information content (AvgIpc) is 3.16. The summed E-state index contributed by atoms with van der Waals surface area (Å²) in [5, 5.41) is 9.08. The molecule has 4 aliphatic heterocycles. The van der Waals surface area contributed by atoms with Gasteiger partial charge in [-0.25, -0.2) is 0 Å². The van der Waals surface area contributed by atoms with E-state index in [1.807, 2.05) is 41.0 Å². The van der Waals surface area contributed by atoms with Gasteiger partial charge in [0.05, 0.1) is 17.9 Å². The Morgan fingerprint density at radius 3 is 2.37 bits per heavy atom. The van der Waals surface area contributed by atoms with Crippen molar-refractivity contribution in [3.63, 3.8) is 0 Å². The molecule has 0 saturated carbocycles. The SMILES string of the molecule is CCCCN1CC=C[C@]23O[C@@H]4C=CCN(CCC)C(=O)[C@@H]4[C@H]2C(=O)N(CCCCCCO)C3C1=O. The number of aliphatic hydroxyl groups is 1. The molecule has 0 bridgehead atoms. The van der Waals surface area contributed by atoms with Crippen molar-refractivity contribution >= 4 is 17.7 Å². The number of amides is 3. The highest BCUT2D eigenvalue weighted by Crippen LogP contribution is 2.53. The first-order valence-electron chi connectivity index (χ1n) is 13.5. The van der Waals surface area contributed by atoms with Gasteiger partial charge in [-0.2, -0.15) is 0 Å². The molecule has 0 aromatic heterocycles. The molecule has 0 aliphatic carbocycles. The predicted octanol–water partition coefficient (Wildman–Crippen LogP) is 2.13. The maximum atomic E-state index is 14.0. The van der Waals surface area contributed by atoms with Gasteiger partial charge in [0.25, 0.3) is 0 Å². The standard InChI is InChI=1S/C27H41N3O5/c1-3-5-15-29-17-11-13-27-22(21-20(35-27)12-10-16-28(14-4-2)24(21)32)25(33)30(23(27)26(29)34)18-8-6-7-9-19-31/h10-13,20-23,31H,3-9,14-19H2,1-2H3/t20-,21+,22+,23?,27+/m1/s1. The minimum Gasteiger partial charge on any atom is -0.396 e. The molecule has 2 fully saturated rings. The zero-order valence-corrected chi connectivity index (χ0v) is 21.2. The van der Waals surface area contributed by atoms with Crippen LogP contribution in [0, 0.1) is 11.8 Å². The third kappa shape index (κ3) is 4.67. The van der Waals surface area contributed by atoms with Crippen molar-refractivity contribution < 1.29 is 24.2 Å². The summed E-state index contributed by atoms with van der Waals surface area (Å²) in [7, 11) is 0. The quantitative estimate of drug-likeness (QED) is 0.356. The van der Waals surface area contributed by atoms with E-state index in [-0.39, 0.29) is 24.3 Å². The maximum absolute atomic E-state index is 14.0. The van der Waals surface area contributed by atoms with Crippen molar-refractivity contribution in [2.75, 3.05) is 39.3 Å². The van der Waals surface area contributed by atoms with E-state index in [0.29, 0.717) is 32.7 Å². The summed E-state index contributed by atoms with van der Waals surface area (Å²) >= 11 is 0. The van der Waals surface area contributed by atoms with Crippen LogP contribution in [-0.2, 0) is 19.1 Å². The van der Waals surface area contributed by atoms with Crippen LogP contribution in [0.25, 0.3) is 0 Å². The number of likely N-dealkylation sites (tertiary alicyclic amines) is 1. The Bertz CT molecular complexity index is 858. The van der Waals surface area contributed by atoms with Gasteiger partial charge in [0.2, 0.25) is 17.7 Å². The molecule has 2 saturated heterocycles. The van der Waals surface area contributed by atoms with E-state index in [1.54, 1.807) is 4.90 Å². The summed E-state index contributed by atoms with van der Waals surface area (Å²) in [6, 6.07) is -0.749. The molecule has 4 aliphatic rings. The zero-order valence-electron chi connectivity index (χ0n) is 21.2. The molecule has 8 nitrogen and oxygen atoms in total. The minimum absolute atomic E-state index is 0.0476. The van der Waals surface area contributed by atoms with Crippen LogP contribution in [0.4, 0.5) is 0 Å². The molecule has 194 valence electrons. The van der Waals surface area contributed by atoms with Crippen molar-refractivity contribution in [1.82, 2.24) is 14.7 Å². The van der Waals surface area contributed by atoms with E-state index in [2.05, 4.69) is 6.92 Å². The average molecular weight is 488 g/mol. The number of rotatable bonds is 11. The Morgan fingerprint density at radius 2 is 1.63 bits per heavy atom. The first-order chi connectivity index (χ1) is 17.0. The van der Waals surface area contributed by atoms with Gasteiger partial charge < -0.3 is 24.5 Å². The van der Waals surface area contributed by atoms with E-state index < -0.39 is 29.6 Å². The topological polar surface area (TPSA) is 90.4 Å². The van der Waals surface area contributed by atoms with Crippen LogP contribution < -0.4 is 0 Å². The summed E-state index contributed by atoms with van der Waals surface area (Å²) in [5.74, 6) is -1.58. The molecule has 3 amide bonds. The number of hydrogen-bond acceptors (Lipinski definition) is 5. The largest absolute Gasteiger partial charge is 0.396 e. The fraction of sp³-hybridized carbons (Fsp3) is 0.741. The molecule has 0 radical (unpaired) electrons. The van der Waals surface area contributed by atoms with Crippen molar-refractivity contribution in [1.29, 1.82) is 0 Å². The summed E-state index contributed by atoms with van der Waals surface area (Å²) in [5.41, 5.74) is -1.12. The van der Waals surface area contributed by atoms with E-state index in [0.717, 1.165) is 44.9 Å². The molecule has 0 aromatic carbocycles. The second-order valence-electron chi connectivity index (χ2n) is 10.3. The molecular weight excluding hydrogens is 446 g/mol.